The van der Waals surface area contributed by atoms with Crippen molar-refractivity contribution in [2.45, 2.75) is 13.0 Å². The van der Waals surface area contributed by atoms with E-state index in [0.717, 1.165) is 12.1 Å². The predicted octanol–water partition coefficient (Wildman–Crippen LogP) is 3.88. The van der Waals surface area contributed by atoms with Gasteiger partial charge in [-0.1, -0.05) is 0 Å². The number of fused-ring (bicyclic) bond motifs is 1. The number of aromatic nitrogens is 5. The fraction of sp³-hybridized carbons (Fsp3) is 0.111. The minimum atomic E-state index is -4.80. The number of nitrogens with one attached hydrogen (secondary N) is 1. The summed E-state index contributed by atoms with van der Waals surface area (Å²) in [6, 6.07) is 7.82. The fourth-order valence-corrected chi connectivity index (χ4v) is 2.50. The second-order valence-corrected chi connectivity index (χ2v) is 5.88. The smallest absolute Gasteiger partial charge is 0.470 e. The quantitative estimate of drug-likeness (QED) is 0.474. The van der Waals surface area contributed by atoms with Crippen molar-refractivity contribution in [2.75, 3.05) is 5.32 Å². The number of hydrogen-bond acceptors (Lipinski definition) is 7. The van der Waals surface area contributed by atoms with Crippen molar-refractivity contribution in [3.8, 4) is 11.6 Å². The van der Waals surface area contributed by atoms with Crippen LogP contribution in [0.2, 0.25) is 0 Å². The van der Waals surface area contributed by atoms with Crippen molar-refractivity contribution >= 4 is 17.2 Å². The van der Waals surface area contributed by atoms with Crippen LogP contribution in [0.25, 0.3) is 5.65 Å². The molecule has 4 aromatic rings. The number of anilines is 2. The molecule has 30 heavy (non-hydrogen) atoms. The van der Waals surface area contributed by atoms with Crippen molar-refractivity contribution in [3.63, 3.8) is 0 Å². The van der Waals surface area contributed by atoms with Crippen LogP contribution in [0, 0.1) is 5.95 Å². The number of rotatable bonds is 6. The molecule has 8 nitrogen and oxygen atoms in total. The number of hydrogen-bond donors (Lipinski definition) is 1. The Hall–Kier alpha value is -3.96. The first-order valence-electron chi connectivity index (χ1n) is 8.43. The average Bonchev–Trinajstić information content (AvgIpc) is 3.02. The summed E-state index contributed by atoms with van der Waals surface area (Å²) in [7, 11) is 0. The third-order valence-corrected chi connectivity index (χ3v) is 3.75. The standard InChI is InChI=1S/C18H12F4N6O2/c19-16-17(25-11-1-3-13(4-2-11)30-18(20,21)22)28-14(26-16)5-6-15(27-28)29-10-12-9-23-7-8-24-12/h1-9,25H,10H2. The molecule has 0 radical (unpaired) electrons. The molecule has 0 saturated carbocycles. The second-order valence-electron chi connectivity index (χ2n) is 5.88. The second kappa shape index (κ2) is 7.81. The molecular weight excluding hydrogens is 408 g/mol. The van der Waals surface area contributed by atoms with Crippen LogP contribution in [0.15, 0.2) is 55.0 Å². The molecule has 3 heterocycles. The Balaban J connectivity index is 1.54. The van der Waals surface area contributed by atoms with Crippen LogP contribution < -0.4 is 14.8 Å². The third-order valence-electron chi connectivity index (χ3n) is 3.75. The van der Waals surface area contributed by atoms with Gasteiger partial charge < -0.3 is 14.8 Å². The number of imidazole rings is 1. The molecule has 154 valence electrons. The van der Waals surface area contributed by atoms with Crippen LogP contribution in [-0.2, 0) is 6.61 Å². The molecule has 12 heteroatoms. The number of alkyl halides is 3. The van der Waals surface area contributed by atoms with Gasteiger partial charge in [0.05, 0.1) is 11.9 Å². The summed E-state index contributed by atoms with van der Waals surface area (Å²) in [6.07, 6.45) is -0.210. The molecule has 4 rings (SSSR count). The molecule has 0 unspecified atom stereocenters. The highest BCUT2D eigenvalue weighted by Crippen LogP contribution is 2.26. The highest BCUT2D eigenvalue weighted by molar-refractivity contribution is 5.61. The lowest BCUT2D eigenvalue weighted by molar-refractivity contribution is -0.274. The summed E-state index contributed by atoms with van der Waals surface area (Å²) in [5.41, 5.74) is 1.09. The van der Waals surface area contributed by atoms with E-state index in [1.165, 1.54) is 47.4 Å². The third kappa shape index (κ3) is 4.54. The summed E-state index contributed by atoms with van der Waals surface area (Å²) < 4.78 is 61.6. The molecule has 0 atom stereocenters. The van der Waals surface area contributed by atoms with Gasteiger partial charge in [0, 0.05) is 24.1 Å². The number of benzene rings is 1. The van der Waals surface area contributed by atoms with Crippen LogP contribution in [0.3, 0.4) is 0 Å². The van der Waals surface area contributed by atoms with Crippen LogP contribution in [-0.4, -0.2) is 30.9 Å². The normalized spacial score (nSPS) is 11.5. The van der Waals surface area contributed by atoms with Crippen LogP contribution in [0.5, 0.6) is 11.6 Å². The molecule has 0 saturated heterocycles. The molecule has 0 aliphatic heterocycles. The van der Waals surface area contributed by atoms with Crippen molar-refractivity contribution < 1.29 is 27.0 Å². The van der Waals surface area contributed by atoms with E-state index in [4.69, 9.17) is 4.74 Å². The van der Waals surface area contributed by atoms with E-state index in [0.29, 0.717) is 11.4 Å². The van der Waals surface area contributed by atoms with E-state index in [9.17, 15) is 17.6 Å². The minimum absolute atomic E-state index is 0.104. The van der Waals surface area contributed by atoms with Crippen molar-refractivity contribution in [1.29, 1.82) is 0 Å². The van der Waals surface area contributed by atoms with E-state index >= 15 is 0 Å². The zero-order valence-corrected chi connectivity index (χ0v) is 15.0. The minimum Gasteiger partial charge on any atom is -0.470 e. The molecular formula is C18H12F4N6O2. The van der Waals surface area contributed by atoms with Crippen LogP contribution in [0.4, 0.5) is 29.1 Å². The predicted molar refractivity (Wildman–Crippen MR) is 95.7 cm³/mol. The van der Waals surface area contributed by atoms with E-state index in [1.807, 2.05) is 0 Å². The Bertz CT molecular complexity index is 1150. The molecule has 0 aliphatic carbocycles. The largest absolute Gasteiger partial charge is 0.573 e. The van der Waals surface area contributed by atoms with Gasteiger partial charge in [0.15, 0.2) is 11.5 Å². The highest BCUT2D eigenvalue weighted by atomic mass is 19.4. The summed E-state index contributed by atoms with van der Waals surface area (Å²) >= 11 is 0. The van der Waals surface area contributed by atoms with E-state index in [2.05, 4.69) is 30.1 Å². The van der Waals surface area contributed by atoms with Crippen molar-refractivity contribution in [2.24, 2.45) is 0 Å². The van der Waals surface area contributed by atoms with E-state index < -0.39 is 18.1 Å². The number of halogens is 4. The van der Waals surface area contributed by atoms with Gasteiger partial charge in [0.2, 0.25) is 5.88 Å². The molecule has 0 bridgehead atoms. The summed E-state index contributed by atoms with van der Waals surface area (Å²) in [5, 5.41) is 6.92. The van der Waals surface area contributed by atoms with Crippen LogP contribution in [0.1, 0.15) is 5.69 Å². The fourth-order valence-electron chi connectivity index (χ4n) is 2.50. The lowest BCUT2D eigenvalue weighted by Crippen LogP contribution is -2.17. The lowest BCUT2D eigenvalue weighted by atomic mass is 10.3. The average molecular weight is 420 g/mol. The van der Waals surface area contributed by atoms with Gasteiger partial charge in [-0.05, 0) is 30.3 Å². The maximum absolute atomic E-state index is 14.3. The lowest BCUT2D eigenvalue weighted by Gasteiger charge is -2.10. The summed E-state index contributed by atoms with van der Waals surface area (Å²) in [4.78, 5) is 11.8. The first kappa shape index (κ1) is 19.4. The topological polar surface area (TPSA) is 86.5 Å². The van der Waals surface area contributed by atoms with Crippen LogP contribution >= 0.6 is 0 Å². The van der Waals surface area contributed by atoms with Gasteiger partial charge in [-0.15, -0.1) is 18.3 Å². The zero-order valence-electron chi connectivity index (χ0n) is 15.0. The monoisotopic (exact) mass is 420 g/mol. The number of nitrogens with zero attached hydrogens (tertiary/aromatic N) is 5. The van der Waals surface area contributed by atoms with Gasteiger partial charge in [-0.3, -0.25) is 9.97 Å². The Morgan fingerprint density at radius 2 is 1.83 bits per heavy atom. The SMILES string of the molecule is Fc1nc2ccc(OCc3cnccn3)nn2c1Nc1ccc(OC(F)(F)F)cc1. The van der Waals surface area contributed by atoms with Gasteiger partial charge in [0.1, 0.15) is 12.4 Å². The molecule has 1 N–H and O–H groups in total. The van der Waals surface area contributed by atoms with E-state index in [-0.39, 0.29) is 24.0 Å². The Morgan fingerprint density at radius 1 is 1.03 bits per heavy atom. The first-order valence-corrected chi connectivity index (χ1v) is 8.43. The molecule has 0 aliphatic rings. The number of ether oxygens (including phenoxy) is 2. The Kier molecular flexibility index (Phi) is 5.04. The van der Waals surface area contributed by atoms with Gasteiger partial charge in [-0.25, -0.2) is 0 Å². The van der Waals surface area contributed by atoms with Crippen molar-refractivity contribution in [1.82, 2.24) is 24.6 Å². The summed E-state index contributed by atoms with van der Waals surface area (Å²) in [5.74, 6) is -1.17. The first-order chi connectivity index (χ1) is 14.4. The highest BCUT2D eigenvalue weighted by Gasteiger charge is 2.31. The van der Waals surface area contributed by atoms with Gasteiger partial charge >= 0.3 is 6.36 Å². The molecule has 0 spiro atoms. The molecule has 0 fully saturated rings. The molecule has 1 aromatic carbocycles. The maximum Gasteiger partial charge on any atom is 0.573 e. The van der Waals surface area contributed by atoms with Gasteiger partial charge in [0.25, 0.3) is 5.95 Å². The Labute approximate surface area is 166 Å². The molecule has 3 aromatic heterocycles. The maximum atomic E-state index is 14.3. The van der Waals surface area contributed by atoms with Gasteiger partial charge in [-0.2, -0.15) is 13.9 Å². The summed E-state index contributed by atoms with van der Waals surface area (Å²) in [6.45, 7) is 0.104. The molecule has 0 amide bonds. The van der Waals surface area contributed by atoms with Crippen molar-refractivity contribution in [3.05, 3.63) is 66.6 Å². The zero-order chi connectivity index (χ0) is 21.1. The Morgan fingerprint density at radius 3 is 2.53 bits per heavy atom. The van der Waals surface area contributed by atoms with E-state index in [1.54, 1.807) is 0 Å².